The Kier molecular flexibility index (Phi) is 15.2. The first-order valence-corrected chi connectivity index (χ1v) is 18.9. The standard InChI is InChI=1S/C40H44N4O14/c1-2-3-4-5-6-7-8-9-26-55-40(28-54-34-20-12-30(13-21-34)42(47)48)39(57-36-24-16-32(17-25-36)44(51)52)38(56-35-22-14-31(15-23-35)43(49)50)37(58-40)27-53-33-18-10-29(11-19-33)41(45)46/h10-25,37-39H,2-9,26-28H2,1H3/t37-,38-,39+,40+/m1/s1. The molecular weight excluding hydrogens is 760 g/mol. The Balaban J connectivity index is 1.51. The van der Waals surface area contributed by atoms with E-state index in [9.17, 15) is 40.5 Å². The topological polar surface area (TPSA) is 228 Å². The van der Waals surface area contributed by atoms with Crippen molar-refractivity contribution in [3.8, 4) is 23.0 Å². The van der Waals surface area contributed by atoms with Crippen LogP contribution in [-0.4, -0.2) is 63.6 Å². The van der Waals surface area contributed by atoms with E-state index in [0.717, 1.165) is 32.1 Å². The molecule has 18 heteroatoms. The van der Waals surface area contributed by atoms with Crippen molar-refractivity contribution < 1.29 is 48.1 Å². The Morgan fingerprint density at radius 1 is 0.534 bits per heavy atom. The highest BCUT2D eigenvalue weighted by Crippen LogP contribution is 2.40. The molecule has 308 valence electrons. The molecule has 0 bridgehead atoms. The van der Waals surface area contributed by atoms with Crippen LogP contribution in [0.3, 0.4) is 0 Å². The molecule has 0 aliphatic carbocycles. The summed E-state index contributed by atoms with van der Waals surface area (Å²) < 4.78 is 38.7. The minimum Gasteiger partial charge on any atom is -0.491 e. The molecular formula is C40H44N4O14. The third kappa shape index (κ3) is 11.8. The minimum absolute atomic E-state index is 0.142. The Morgan fingerprint density at radius 2 is 0.931 bits per heavy atom. The number of nitro groups is 4. The molecule has 4 atom stereocenters. The SMILES string of the molecule is CCCCCCCCCCO[C@@]1(COc2ccc([N+](=O)[O-])cc2)O[C@H](COc2ccc([N+](=O)[O-])cc2)[C@@H](Oc2ccc([N+](=O)[O-])cc2)[C@@H]1Oc1ccc([N+](=O)[O-])cc1. The van der Waals surface area contributed by atoms with Crippen molar-refractivity contribution in [2.24, 2.45) is 0 Å². The van der Waals surface area contributed by atoms with Crippen molar-refractivity contribution >= 4 is 22.7 Å². The summed E-state index contributed by atoms with van der Waals surface area (Å²) in [5, 5.41) is 45.5. The second-order valence-electron chi connectivity index (χ2n) is 13.5. The number of hydrogen-bond acceptors (Lipinski definition) is 14. The summed E-state index contributed by atoms with van der Waals surface area (Å²) >= 11 is 0. The van der Waals surface area contributed by atoms with Crippen molar-refractivity contribution in [1.29, 1.82) is 0 Å². The fourth-order valence-electron chi connectivity index (χ4n) is 6.30. The summed E-state index contributed by atoms with van der Waals surface area (Å²) in [5.41, 5.74) is -0.644. The van der Waals surface area contributed by atoms with Gasteiger partial charge in [0.15, 0.2) is 12.2 Å². The first kappa shape index (κ1) is 42.7. The van der Waals surface area contributed by atoms with E-state index in [-0.39, 0.29) is 65.6 Å². The number of ether oxygens (including phenoxy) is 6. The number of rotatable bonds is 24. The van der Waals surface area contributed by atoms with Gasteiger partial charge in [0.25, 0.3) is 22.7 Å². The van der Waals surface area contributed by atoms with Gasteiger partial charge in [-0.1, -0.05) is 51.9 Å². The van der Waals surface area contributed by atoms with Crippen LogP contribution >= 0.6 is 0 Å². The molecule has 1 saturated heterocycles. The Labute approximate surface area is 333 Å². The van der Waals surface area contributed by atoms with Crippen molar-refractivity contribution in [3.05, 3.63) is 138 Å². The summed E-state index contributed by atoms with van der Waals surface area (Å²) in [5.74, 6) is -0.872. The average molecular weight is 805 g/mol. The van der Waals surface area contributed by atoms with Crippen LogP contribution in [0, 0.1) is 40.5 Å². The third-order valence-electron chi connectivity index (χ3n) is 9.37. The highest BCUT2D eigenvalue weighted by Gasteiger charge is 2.61. The first-order chi connectivity index (χ1) is 28.0. The zero-order chi connectivity index (χ0) is 41.5. The molecule has 1 fully saturated rings. The van der Waals surface area contributed by atoms with Gasteiger partial charge in [0.2, 0.25) is 5.79 Å². The van der Waals surface area contributed by atoms with Crippen LogP contribution in [0.5, 0.6) is 23.0 Å². The monoisotopic (exact) mass is 804 g/mol. The van der Waals surface area contributed by atoms with Gasteiger partial charge in [0.05, 0.1) is 26.3 Å². The van der Waals surface area contributed by atoms with Crippen LogP contribution in [0.4, 0.5) is 22.7 Å². The molecule has 1 aliphatic heterocycles. The Hall–Kier alpha value is -6.40. The van der Waals surface area contributed by atoms with Crippen LogP contribution in [0.2, 0.25) is 0 Å². The lowest BCUT2D eigenvalue weighted by Gasteiger charge is -2.35. The van der Waals surface area contributed by atoms with Gasteiger partial charge >= 0.3 is 0 Å². The second kappa shape index (κ2) is 20.7. The first-order valence-electron chi connectivity index (χ1n) is 18.9. The molecule has 18 nitrogen and oxygen atoms in total. The number of nitrogens with zero attached hydrogens (tertiary/aromatic N) is 4. The van der Waals surface area contributed by atoms with E-state index in [2.05, 4.69) is 6.92 Å². The smallest absolute Gasteiger partial charge is 0.269 e. The maximum atomic E-state index is 11.5. The number of nitro benzene ring substituents is 4. The largest absolute Gasteiger partial charge is 0.491 e. The van der Waals surface area contributed by atoms with Gasteiger partial charge < -0.3 is 28.4 Å². The summed E-state index contributed by atoms with van der Waals surface area (Å²) in [6.45, 7) is 1.79. The summed E-state index contributed by atoms with van der Waals surface area (Å²) in [6.07, 6.45) is 4.86. The molecule has 0 aromatic heterocycles. The van der Waals surface area contributed by atoms with E-state index in [1.165, 1.54) is 110 Å². The molecule has 1 heterocycles. The maximum absolute atomic E-state index is 11.5. The quantitative estimate of drug-likeness (QED) is 0.0366. The van der Waals surface area contributed by atoms with Crippen LogP contribution < -0.4 is 18.9 Å². The van der Waals surface area contributed by atoms with E-state index in [0.29, 0.717) is 6.42 Å². The van der Waals surface area contributed by atoms with Gasteiger partial charge in [0, 0.05) is 48.5 Å². The molecule has 0 saturated carbocycles. The van der Waals surface area contributed by atoms with Gasteiger partial charge in [0.1, 0.15) is 42.3 Å². The number of unbranched alkanes of at least 4 members (excludes halogenated alkanes) is 7. The lowest BCUT2D eigenvalue weighted by Crippen LogP contribution is -2.54. The molecule has 4 aromatic rings. The van der Waals surface area contributed by atoms with Crippen LogP contribution in [-0.2, 0) is 9.47 Å². The Morgan fingerprint density at radius 3 is 1.38 bits per heavy atom. The van der Waals surface area contributed by atoms with Gasteiger partial charge in [-0.3, -0.25) is 40.5 Å². The zero-order valence-corrected chi connectivity index (χ0v) is 31.8. The van der Waals surface area contributed by atoms with Crippen molar-refractivity contribution in [1.82, 2.24) is 0 Å². The predicted molar refractivity (Wildman–Crippen MR) is 208 cm³/mol. The van der Waals surface area contributed by atoms with Crippen molar-refractivity contribution in [3.63, 3.8) is 0 Å². The second-order valence-corrected chi connectivity index (χ2v) is 13.5. The minimum atomic E-state index is -1.78. The third-order valence-corrected chi connectivity index (χ3v) is 9.37. The van der Waals surface area contributed by atoms with Crippen molar-refractivity contribution in [2.45, 2.75) is 82.4 Å². The Bertz CT molecular complexity index is 1960. The van der Waals surface area contributed by atoms with Crippen molar-refractivity contribution in [2.75, 3.05) is 19.8 Å². The highest BCUT2D eigenvalue weighted by molar-refractivity contribution is 5.39. The molecule has 58 heavy (non-hydrogen) atoms. The van der Waals surface area contributed by atoms with E-state index >= 15 is 0 Å². The summed E-state index contributed by atoms with van der Waals surface area (Å²) in [7, 11) is 0. The number of benzene rings is 4. The molecule has 5 rings (SSSR count). The molecule has 4 aromatic carbocycles. The van der Waals surface area contributed by atoms with Gasteiger partial charge in [-0.25, -0.2) is 0 Å². The molecule has 0 radical (unpaired) electrons. The van der Waals surface area contributed by atoms with Gasteiger partial charge in [-0.2, -0.15) is 0 Å². The maximum Gasteiger partial charge on any atom is 0.269 e. The van der Waals surface area contributed by atoms with Gasteiger partial charge in [-0.05, 0) is 55.0 Å². The molecule has 0 amide bonds. The van der Waals surface area contributed by atoms with E-state index in [1.807, 2.05) is 0 Å². The lowest BCUT2D eigenvalue weighted by molar-refractivity contribution is -0.385. The molecule has 1 aliphatic rings. The van der Waals surface area contributed by atoms with Crippen LogP contribution in [0.1, 0.15) is 58.3 Å². The normalized spacial score (nSPS) is 18.6. The van der Waals surface area contributed by atoms with E-state index in [1.54, 1.807) is 0 Å². The highest BCUT2D eigenvalue weighted by atomic mass is 16.8. The summed E-state index contributed by atoms with van der Waals surface area (Å²) in [6, 6.07) is 21.5. The number of hydrogen-bond donors (Lipinski definition) is 0. The summed E-state index contributed by atoms with van der Waals surface area (Å²) in [4.78, 5) is 43.3. The van der Waals surface area contributed by atoms with E-state index < -0.39 is 43.8 Å². The average Bonchev–Trinajstić information content (AvgIpc) is 3.50. The molecule has 0 spiro atoms. The molecule has 0 unspecified atom stereocenters. The fourth-order valence-corrected chi connectivity index (χ4v) is 6.30. The van der Waals surface area contributed by atoms with Crippen LogP contribution in [0.25, 0.3) is 0 Å². The number of non-ortho nitro benzene ring substituents is 4. The predicted octanol–water partition coefficient (Wildman–Crippen LogP) is 8.92. The van der Waals surface area contributed by atoms with Gasteiger partial charge in [-0.15, -0.1) is 0 Å². The fraction of sp³-hybridized carbons (Fsp3) is 0.400. The van der Waals surface area contributed by atoms with Crippen LogP contribution in [0.15, 0.2) is 97.1 Å². The zero-order valence-electron chi connectivity index (χ0n) is 31.8. The molecule has 0 N–H and O–H groups in total. The van der Waals surface area contributed by atoms with E-state index in [4.69, 9.17) is 28.4 Å². The lowest BCUT2D eigenvalue weighted by atomic mass is 10.0.